The zero-order chi connectivity index (χ0) is 13.4. The van der Waals surface area contributed by atoms with Crippen LogP contribution in [0.3, 0.4) is 0 Å². The fourth-order valence-corrected chi connectivity index (χ4v) is 2.19. The number of hydrogen-bond acceptors (Lipinski definition) is 3. The highest BCUT2D eigenvalue weighted by molar-refractivity contribution is 5.93. The number of hydrogen-bond donors (Lipinski definition) is 2. The Balaban J connectivity index is 1.63. The molecule has 6 heteroatoms. The second kappa shape index (κ2) is 4.53. The molecule has 6 nitrogen and oxygen atoms in total. The van der Waals surface area contributed by atoms with E-state index in [0.29, 0.717) is 18.2 Å². The van der Waals surface area contributed by atoms with Crippen LogP contribution in [0.5, 0.6) is 0 Å². The summed E-state index contributed by atoms with van der Waals surface area (Å²) in [5, 5.41) is 10.1. The minimum Gasteiger partial charge on any atom is -0.345 e. The highest BCUT2D eigenvalue weighted by atomic mass is 16.2. The first-order valence-corrected chi connectivity index (χ1v) is 6.45. The number of H-pyrrole nitrogens is 1. The van der Waals surface area contributed by atoms with Crippen molar-refractivity contribution in [2.45, 2.75) is 32.2 Å². The molecule has 1 fully saturated rings. The molecule has 0 aliphatic heterocycles. The zero-order valence-corrected chi connectivity index (χ0v) is 11.1. The highest BCUT2D eigenvalue weighted by Gasteiger charge is 2.26. The summed E-state index contributed by atoms with van der Waals surface area (Å²) in [5.41, 5.74) is 3.39. The van der Waals surface area contributed by atoms with Gasteiger partial charge in [-0.2, -0.15) is 5.10 Å². The molecule has 1 amide bonds. The quantitative estimate of drug-likeness (QED) is 0.868. The lowest BCUT2D eigenvalue weighted by Gasteiger charge is -2.05. The molecule has 3 rings (SSSR count). The lowest BCUT2D eigenvalue weighted by atomic mass is 10.2. The largest absolute Gasteiger partial charge is 0.345 e. The van der Waals surface area contributed by atoms with Gasteiger partial charge in [0, 0.05) is 13.0 Å². The standard InChI is InChI=1S/C13H17N5O/c1-8-12(18(2)7-15-8)13(19)14-6-10-5-11(17-16-10)9-3-4-9/h5,7,9H,3-4,6H2,1-2H3,(H,14,19)(H,16,17). The van der Waals surface area contributed by atoms with E-state index in [4.69, 9.17) is 0 Å². The van der Waals surface area contributed by atoms with Gasteiger partial charge in [-0.1, -0.05) is 0 Å². The first-order valence-electron chi connectivity index (χ1n) is 6.45. The van der Waals surface area contributed by atoms with Gasteiger partial charge in [0.1, 0.15) is 5.69 Å². The van der Waals surface area contributed by atoms with Gasteiger partial charge in [0.05, 0.1) is 30.0 Å². The van der Waals surface area contributed by atoms with Gasteiger partial charge in [0.25, 0.3) is 5.91 Å². The van der Waals surface area contributed by atoms with Crippen LogP contribution in [0.1, 0.15) is 46.3 Å². The molecule has 2 heterocycles. The summed E-state index contributed by atoms with van der Waals surface area (Å²) >= 11 is 0. The molecule has 2 aromatic heterocycles. The SMILES string of the molecule is Cc1ncn(C)c1C(=O)NCc1cc(C2CC2)n[nH]1. The van der Waals surface area contributed by atoms with Crippen molar-refractivity contribution in [2.24, 2.45) is 7.05 Å². The number of aromatic amines is 1. The molecule has 100 valence electrons. The van der Waals surface area contributed by atoms with E-state index in [-0.39, 0.29) is 5.91 Å². The topological polar surface area (TPSA) is 75.6 Å². The van der Waals surface area contributed by atoms with E-state index < -0.39 is 0 Å². The summed E-state index contributed by atoms with van der Waals surface area (Å²) in [6, 6.07) is 2.04. The third kappa shape index (κ3) is 2.38. The first kappa shape index (κ1) is 12.0. The van der Waals surface area contributed by atoms with Crippen molar-refractivity contribution in [2.75, 3.05) is 0 Å². The van der Waals surface area contributed by atoms with Crippen LogP contribution in [-0.4, -0.2) is 25.7 Å². The Morgan fingerprint density at radius 1 is 1.58 bits per heavy atom. The average Bonchev–Trinajstić information content (AvgIpc) is 3.04. The minimum absolute atomic E-state index is 0.111. The van der Waals surface area contributed by atoms with Crippen molar-refractivity contribution in [3.05, 3.63) is 35.2 Å². The molecule has 1 aliphatic rings. The summed E-state index contributed by atoms with van der Waals surface area (Å²) in [7, 11) is 1.82. The number of nitrogens with one attached hydrogen (secondary N) is 2. The third-order valence-electron chi connectivity index (χ3n) is 3.42. The molecule has 1 saturated carbocycles. The van der Waals surface area contributed by atoms with Crippen molar-refractivity contribution in [3.63, 3.8) is 0 Å². The van der Waals surface area contributed by atoms with Gasteiger partial charge in [-0.25, -0.2) is 4.98 Å². The molecule has 2 aromatic rings. The number of imidazole rings is 1. The molecule has 0 aromatic carbocycles. The number of rotatable bonds is 4. The molecular formula is C13H17N5O. The van der Waals surface area contributed by atoms with E-state index in [2.05, 4.69) is 20.5 Å². The Hall–Kier alpha value is -2.11. The average molecular weight is 259 g/mol. The second-order valence-corrected chi connectivity index (χ2v) is 5.06. The molecular weight excluding hydrogens is 242 g/mol. The smallest absolute Gasteiger partial charge is 0.270 e. The predicted octanol–water partition coefficient (Wildman–Crippen LogP) is 1.26. The summed E-state index contributed by atoms with van der Waals surface area (Å²) in [4.78, 5) is 16.2. The van der Waals surface area contributed by atoms with Gasteiger partial charge in [-0.3, -0.25) is 9.89 Å². The van der Waals surface area contributed by atoms with Gasteiger partial charge < -0.3 is 9.88 Å². The summed E-state index contributed by atoms with van der Waals surface area (Å²) in [5.74, 6) is 0.514. The number of aryl methyl sites for hydroxylation is 2. The van der Waals surface area contributed by atoms with Crippen molar-refractivity contribution in [1.82, 2.24) is 25.1 Å². The first-order chi connectivity index (χ1) is 9.15. The molecule has 0 spiro atoms. The molecule has 2 N–H and O–H groups in total. The van der Waals surface area contributed by atoms with Crippen LogP contribution < -0.4 is 5.32 Å². The lowest BCUT2D eigenvalue weighted by molar-refractivity contribution is 0.0941. The lowest BCUT2D eigenvalue weighted by Crippen LogP contribution is -2.25. The van der Waals surface area contributed by atoms with Gasteiger partial charge in [-0.05, 0) is 25.8 Å². The molecule has 0 bridgehead atoms. The van der Waals surface area contributed by atoms with Crippen LogP contribution in [0.15, 0.2) is 12.4 Å². The molecule has 0 radical (unpaired) electrons. The van der Waals surface area contributed by atoms with Gasteiger partial charge in [0.2, 0.25) is 0 Å². The predicted molar refractivity (Wildman–Crippen MR) is 69.7 cm³/mol. The summed E-state index contributed by atoms with van der Waals surface area (Å²) in [6.07, 6.45) is 4.10. The Bertz CT molecular complexity index is 589. The molecule has 1 aliphatic carbocycles. The maximum Gasteiger partial charge on any atom is 0.270 e. The Labute approximate surface area is 111 Å². The van der Waals surface area contributed by atoms with E-state index in [0.717, 1.165) is 17.1 Å². The maximum absolute atomic E-state index is 12.1. The van der Waals surface area contributed by atoms with Crippen LogP contribution in [-0.2, 0) is 13.6 Å². The third-order valence-corrected chi connectivity index (χ3v) is 3.42. The monoisotopic (exact) mass is 259 g/mol. The molecule has 0 unspecified atom stereocenters. The normalized spacial score (nSPS) is 14.6. The van der Waals surface area contributed by atoms with Gasteiger partial charge in [0.15, 0.2) is 0 Å². The van der Waals surface area contributed by atoms with Crippen molar-refractivity contribution in [3.8, 4) is 0 Å². The van der Waals surface area contributed by atoms with E-state index in [1.54, 1.807) is 10.9 Å². The van der Waals surface area contributed by atoms with Crippen LogP contribution in [0, 0.1) is 6.92 Å². The van der Waals surface area contributed by atoms with Crippen molar-refractivity contribution < 1.29 is 4.79 Å². The maximum atomic E-state index is 12.1. The second-order valence-electron chi connectivity index (χ2n) is 5.06. The van der Waals surface area contributed by atoms with E-state index >= 15 is 0 Å². The van der Waals surface area contributed by atoms with E-state index in [1.165, 1.54) is 12.8 Å². The number of aromatic nitrogens is 4. The Kier molecular flexibility index (Phi) is 2.85. The van der Waals surface area contributed by atoms with Crippen molar-refractivity contribution in [1.29, 1.82) is 0 Å². The minimum atomic E-state index is -0.111. The molecule has 0 saturated heterocycles. The van der Waals surface area contributed by atoms with Crippen molar-refractivity contribution >= 4 is 5.91 Å². The van der Waals surface area contributed by atoms with Crippen LogP contribution >= 0.6 is 0 Å². The number of carbonyl (C=O) groups excluding carboxylic acids is 1. The zero-order valence-electron chi connectivity index (χ0n) is 11.1. The summed E-state index contributed by atoms with van der Waals surface area (Å²) < 4.78 is 1.73. The highest BCUT2D eigenvalue weighted by Crippen LogP contribution is 2.38. The van der Waals surface area contributed by atoms with Crippen LogP contribution in [0.2, 0.25) is 0 Å². The number of amides is 1. The van der Waals surface area contributed by atoms with Crippen LogP contribution in [0.4, 0.5) is 0 Å². The fraction of sp³-hybridized carbons (Fsp3) is 0.462. The fourth-order valence-electron chi connectivity index (χ4n) is 2.19. The molecule has 0 atom stereocenters. The van der Waals surface area contributed by atoms with Gasteiger partial charge >= 0.3 is 0 Å². The Morgan fingerprint density at radius 2 is 2.37 bits per heavy atom. The van der Waals surface area contributed by atoms with Crippen LogP contribution in [0.25, 0.3) is 0 Å². The van der Waals surface area contributed by atoms with E-state index in [1.807, 2.05) is 20.0 Å². The number of carbonyl (C=O) groups is 1. The van der Waals surface area contributed by atoms with E-state index in [9.17, 15) is 4.79 Å². The number of nitrogens with zero attached hydrogens (tertiary/aromatic N) is 3. The summed E-state index contributed by atoms with van der Waals surface area (Å²) in [6.45, 7) is 2.29. The van der Waals surface area contributed by atoms with Gasteiger partial charge in [-0.15, -0.1) is 0 Å². The molecule has 19 heavy (non-hydrogen) atoms. The Morgan fingerprint density at radius 3 is 3.00 bits per heavy atom.